The van der Waals surface area contributed by atoms with Gasteiger partial charge in [-0.05, 0) is 36.1 Å². The summed E-state index contributed by atoms with van der Waals surface area (Å²) in [5.74, 6) is -0.0191. The second-order valence-corrected chi connectivity index (χ2v) is 9.36. The number of nitrogens with zero attached hydrogens (tertiary/aromatic N) is 3. The summed E-state index contributed by atoms with van der Waals surface area (Å²) in [4.78, 5) is 38.6. The Morgan fingerprint density at radius 3 is 2.49 bits per heavy atom. The molecule has 6 rings (SSSR count). The fraction of sp³-hybridized carbons (Fsp3) is 0.172. The fourth-order valence-corrected chi connectivity index (χ4v) is 4.69. The molecular weight excluding hydrogens is 464 g/mol. The lowest BCUT2D eigenvalue weighted by Crippen LogP contribution is -2.35. The van der Waals surface area contributed by atoms with E-state index in [4.69, 9.17) is 0 Å². The largest absolute Gasteiger partial charge is 0.357 e. The lowest BCUT2D eigenvalue weighted by atomic mass is 10.1. The molecule has 0 unspecified atom stereocenters. The molecule has 8 nitrogen and oxygen atoms in total. The van der Waals surface area contributed by atoms with E-state index in [0.717, 1.165) is 40.6 Å². The zero-order valence-corrected chi connectivity index (χ0v) is 20.1. The zero-order chi connectivity index (χ0) is 25.2. The molecule has 0 radical (unpaired) electrons. The maximum atomic E-state index is 13.7. The van der Waals surface area contributed by atoms with Crippen LogP contribution in [0.25, 0.3) is 22.2 Å². The number of benzene rings is 2. The minimum atomic E-state index is -0.324. The number of anilines is 1. The van der Waals surface area contributed by atoms with Gasteiger partial charge in [0.05, 0.1) is 24.0 Å². The SMILES string of the molecule is O=C(Cn1c(-c2ccccc2)cnc(NC2(c3ccccc3)CC2)c1=O)NCc1cc2cnccc2[nH]1. The number of rotatable bonds is 8. The number of aromatic amines is 1. The summed E-state index contributed by atoms with van der Waals surface area (Å²) in [5, 5.41) is 7.30. The van der Waals surface area contributed by atoms with E-state index < -0.39 is 0 Å². The number of H-pyrrole nitrogens is 1. The van der Waals surface area contributed by atoms with Crippen LogP contribution in [-0.4, -0.2) is 25.4 Å². The van der Waals surface area contributed by atoms with Gasteiger partial charge in [-0.25, -0.2) is 4.98 Å². The molecule has 184 valence electrons. The van der Waals surface area contributed by atoms with E-state index in [-0.39, 0.29) is 29.4 Å². The Morgan fingerprint density at radius 2 is 1.76 bits per heavy atom. The maximum Gasteiger partial charge on any atom is 0.294 e. The summed E-state index contributed by atoms with van der Waals surface area (Å²) in [6, 6.07) is 23.5. The molecule has 3 heterocycles. The van der Waals surface area contributed by atoms with Gasteiger partial charge in [-0.15, -0.1) is 0 Å². The second kappa shape index (κ2) is 9.39. The first-order chi connectivity index (χ1) is 18.1. The molecule has 0 atom stereocenters. The molecule has 1 aliphatic rings. The van der Waals surface area contributed by atoms with Crippen molar-refractivity contribution in [3.8, 4) is 11.3 Å². The van der Waals surface area contributed by atoms with Gasteiger partial charge in [0.2, 0.25) is 5.91 Å². The summed E-state index contributed by atoms with van der Waals surface area (Å²) in [6.45, 7) is 0.191. The smallest absolute Gasteiger partial charge is 0.294 e. The van der Waals surface area contributed by atoms with Crippen LogP contribution in [0.15, 0.2) is 96.2 Å². The second-order valence-electron chi connectivity index (χ2n) is 9.36. The topological polar surface area (TPSA) is 105 Å². The standard InChI is InChI=1S/C29H26N6O2/c36-26(31-17-23-15-21-16-30-14-11-24(21)33-23)19-35-25(20-7-3-1-4-8-20)18-32-27(28(35)37)34-29(12-13-29)22-9-5-2-6-10-22/h1-11,14-16,18,33H,12-13,17,19H2,(H,31,36)(H,32,34). The number of carbonyl (C=O) groups is 1. The Labute approximate surface area is 213 Å². The van der Waals surface area contributed by atoms with Crippen molar-refractivity contribution in [2.45, 2.75) is 31.5 Å². The molecule has 0 spiro atoms. The first kappa shape index (κ1) is 22.7. The predicted molar refractivity (Wildman–Crippen MR) is 143 cm³/mol. The van der Waals surface area contributed by atoms with Gasteiger partial charge in [0.15, 0.2) is 5.82 Å². The number of carbonyl (C=O) groups excluding carboxylic acids is 1. The Morgan fingerprint density at radius 1 is 1.00 bits per heavy atom. The number of hydrogen-bond acceptors (Lipinski definition) is 5. The third kappa shape index (κ3) is 4.61. The van der Waals surface area contributed by atoms with Gasteiger partial charge in [-0.2, -0.15) is 0 Å². The van der Waals surface area contributed by atoms with Crippen molar-refractivity contribution < 1.29 is 4.79 Å². The Kier molecular flexibility index (Phi) is 5.76. The molecule has 0 aliphatic heterocycles. The molecule has 5 aromatic rings. The molecule has 3 aromatic heterocycles. The van der Waals surface area contributed by atoms with Gasteiger partial charge < -0.3 is 15.6 Å². The van der Waals surface area contributed by atoms with Crippen molar-refractivity contribution in [1.82, 2.24) is 24.8 Å². The summed E-state index contributed by atoms with van der Waals surface area (Å²) in [6.07, 6.45) is 6.99. The van der Waals surface area contributed by atoms with Gasteiger partial charge in [0, 0.05) is 29.0 Å². The van der Waals surface area contributed by atoms with Crippen LogP contribution in [0.1, 0.15) is 24.1 Å². The quantitative estimate of drug-likeness (QED) is 0.302. The van der Waals surface area contributed by atoms with Crippen molar-refractivity contribution in [2.75, 3.05) is 5.32 Å². The highest BCUT2D eigenvalue weighted by Gasteiger charge is 2.45. The van der Waals surface area contributed by atoms with E-state index in [9.17, 15) is 9.59 Å². The highest BCUT2D eigenvalue weighted by Crippen LogP contribution is 2.47. The van der Waals surface area contributed by atoms with Crippen LogP contribution >= 0.6 is 0 Å². The number of hydrogen-bond donors (Lipinski definition) is 3. The highest BCUT2D eigenvalue weighted by molar-refractivity contribution is 5.80. The lowest BCUT2D eigenvalue weighted by molar-refractivity contribution is -0.121. The Hall–Kier alpha value is -4.72. The number of fused-ring (bicyclic) bond motifs is 1. The average molecular weight is 491 g/mol. The zero-order valence-electron chi connectivity index (χ0n) is 20.1. The van der Waals surface area contributed by atoms with Crippen molar-refractivity contribution in [1.29, 1.82) is 0 Å². The molecule has 1 amide bonds. The van der Waals surface area contributed by atoms with E-state index in [1.807, 2.05) is 60.7 Å². The first-order valence-electron chi connectivity index (χ1n) is 12.3. The average Bonchev–Trinajstić information content (AvgIpc) is 3.60. The number of aromatic nitrogens is 4. The highest BCUT2D eigenvalue weighted by atomic mass is 16.2. The number of pyridine rings is 1. The molecule has 1 saturated carbocycles. The Bertz CT molecular complexity index is 1590. The molecule has 0 saturated heterocycles. The number of amides is 1. The van der Waals surface area contributed by atoms with Gasteiger partial charge in [-0.3, -0.25) is 19.1 Å². The third-order valence-electron chi connectivity index (χ3n) is 6.81. The van der Waals surface area contributed by atoms with Crippen molar-refractivity contribution in [3.63, 3.8) is 0 Å². The van der Waals surface area contributed by atoms with Gasteiger partial charge in [0.1, 0.15) is 6.54 Å². The summed E-state index contributed by atoms with van der Waals surface area (Å²) < 4.78 is 1.50. The van der Waals surface area contributed by atoms with Crippen molar-refractivity contribution >= 4 is 22.6 Å². The first-order valence-corrected chi connectivity index (χ1v) is 12.3. The van der Waals surface area contributed by atoms with Crippen LogP contribution < -0.4 is 16.2 Å². The van der Waals surface area contributed by atoms with Crippen LogP contribution in [0.3, 0.4) is 0 Å². The van der Waals surface area contributed by atoms with Gasteiger partial charge in [-0.1, -0.05) is 60.7 Å². The van der Waals surface area contributed by atoms with Crippen LogP contribution in [0.4, 0.5) is 5.82 Å². The number of nitrogens with one attached hydrogen (secondary N) is 3. The fourth-order valence-electron chi connectivity index (χ4n) is 4.69. The van der Waals surface area contributed by atoms with E-state index in [1.54, 1.807) is 18.6 Å². The molecule has 1 fully saturated rings. The summed E-state index contributed by atoms with van der Waals surface area (Å²) in [7, 11) is 0. The minimum Gasteiger partial charge on any atom is -0.357 e. The van der Waals surface area contributed by atoms with Crippen LogP contribution in [0, 0.1) is 0 Å². The van der Waals surface area contributed by atoms with Crippen LogP contribution in [0.2, 0.25) is 0 Å². The molecule has 0 bridgehead atoms. The predicted octanol–water partition coefficient (Wildman–Crippen LogP) is 4.20. The normalized spacial score (nSPS) is 13.8. The van der Waals surface area contributed by atoms with Crippen molar-refractivity contribution in [3.05, 3.63) is 113 Å². The molecule has 1 aliphatic carbocycles. The monoisotopic (exact) mass is 490 g/mol. The van der Waals surface area contributed by atoms with Gasteiger partial charge in [0.25, 0.3) is 5.56 Å². The summed E-state index contributed by atoms with van der Waals surface area (Å²) in [5.41, 5.74) is 3.73. The molecule has 37 heavy (non-hydrogen) atoms. The lowest BCUT2D eigenvalue weighted by Gasteiger charge is -2.20. The van der Waals surface area contributed by atoms with E-state index in [2.05, 4.69) is 37.7 Å². The van der Waals surface area contributed by atoms with Gasteiger partial charge >= 0.3 is 0 Å². The van der Waals surface area contributed by atoms with Crippen LogP contribution in [0.5, 0.6) is 0 Å². The van der Waals surface area contributed by atoms with E-state index in [1.165, 1.54) is 4.57 Å². The molecule has 2 aromatic carbocycles. The van der Waals surface area contributed by atoms with Crippen molar-refractivity contribution in [2.24, 2.45) is 0 Å². The molecule has 8 heteroatoms. The van der Waals surface area contributed by atoms with E-state index in [0.29, 0.717) is 12.2 Å². The molecular formula is C29H26N6O2. The van der Waals surface area contributed by atoms with Crippen LogP contribution in [-0.2, 0) is 23.4 Å². The molecule has 3 N–H and O–H groups in total. The Balaban J connectivity index is 1.27. The summed E-state index contributed by atoms with van der Waals surface area (Å²) >= 11 is 0. The minimum absolute atomic E-state index is 0.125. The van der Waals surface area contributed by atoms with E-state index >= 15 is 0 Å². The third-order valence-corrected chi connectivity index (χ3v) is 6.81. The maximum absolute atomic E-state index is 13.7.